The minimum absolute atomic E-state index is 0.0653. The molecule has 7 nitrogen and oxygen atoms in total. The number of amides is 1. The predicted octanol–water partition coefficient (Wildman–Crippen LogP) is 3.16. The quantitative estimate of drug-likeness (QED) is 0.682. The Balaban J connectivity index is 1.71. The summed E-state index contributed by atoms with van der Waals surface area (Å²) in [6.45, 7) is 5.32. The normalized spacial score (nSPS) is 20.7. The minimum atomic E-state index is -0.245. The highest BCUT2D eigenvalue weighted by Gasteiger charge is 2.26. The van der Waals surface area contributed by atoms with Crippen LogP contribution in [0.3, 0.4) is 0 Å². The van der Waals surface area contributed by atoms with Gasteiger partial charge in [-0.1, -0.05) is 31.5 Å². The molecule has 1 aliphatic rings. The first-order valence-corrected chi connectivity index (χ1v) is 10.8. The van der Waals surface area contributed by atoms with Crippen LogP contribution < -0.4 is 5.32 Å². The smallest absolute Gasteiger partial charge is 0.233 e. The fraction of sp³-hybridized carbons (Fsp3) is 0.600. The zero-order valence-electron chi connectivity index (χ0n) is 16.8. The summed E-state index contributed by atoms with van der Waals surface area (Å²) in [5, 5.41) is 12.4. The highest BCUT2D eigenvalue weighted by atomic mass is 32.2. The van der Waals surface area contributed by atoms with Gasteiger partial charge in [0, 0.05) is 31.1 Å². The number of nitrogens with zero attached hydrogens (tertiary/aromatic N) is 4. The second kappa shape index (κ2) is 10.0. The topological polar surface area (TPSA) is 81.9 Å². The molecular formula is C20H29N5O2S. The van der Waals surface area contributed by atoms with Crippen molar-refractivity contribution in [1.82, 2.24) is 25.1 Å². The molecule has 0 radical (unpaired) electrons. The maximum atomic E-state index is 12.7. The monoisotopic (exact) mass is 403 g/mol. The number of thioether (sulfide) groups is 1. The third-order valence-electron chi connectivity index (χ3n) is 5.26. The molecule has 1 fully saturated rings. The van der Waals surface area contributed by atoms with E-state index in [9.17, 15) is 4.79 Å². The highest BCUT2D eigenvalue weighted by Crippen LogP contribution is 2.28. The molecule has 1 N–H and O–H groups in total. The second-order valence-electron chi connectivity index (χ2n) is 7.32. The summed E-state index contributed by atoms with van der Waals surface area (Å²) < 4.78 is 7.26. The van der Waals surface area contributed by atoms with Gasteiger partial charge >= 0.3 is 0 Å². The van der Waals surface area contributed by atoms with Crippen molar-refractivity contribution in [1.29, 1.82) is 0 Å². The molecule has 28 heavy (non-hydrogen) atoms. The van der Waals surface area contributed by atoms with E-state index in [0.29, 0.717) is 19.1 Å². The molecule has 2 heterocycles. The summed E-state index contributed by atoms with van der Waals surface area (Å²) in [5.74, 6) is 1.37. The first kappa shape index (κ1) is 20.8. The van der Waals surface area contributed by atoms with E-state index < -0.39 is 0 Å². The van der Waals surface area contributed by atoms with Crippen LogP contribution in [0.15, 0.2) is 29.7 Å². The third-order valence-corrected chi connectivity index (χ3v) is 6.35. The van der Waals surface area contributed by atoms with Crippen molar-refractivity contribution in [3.63, 3.8) is 0 Å². The van der Waals surface area contributed by atoms with Gasteiger partial charge in [-0.3, -0.25) is 14.3 Å². The lowest BCUT2D eigenvalue weighted by Gasteiger charge is -2.30. The summed E-state index contributed by atoms with van der Waals surface area (Å²) in [6.07, 6.45) is 8.18. The Kier molecular flexibility index (Phi) is 7.44. The molecule has 0 bridgehead atoms. The van der Waals surface area contributed by atoms with Crippen molar-refractivity contribution >= 4 is 17.7 Å². The van der Waals surface area contributed by atoms with Crippen molar-refractivity contribution in [3.05, 3.63) is 24.5 Å². The number of pyridine rings is 1. The van der Waals surface area contributed by atoms with Gasteiger partial charge < -0.3 is 10.1 Å². The standard InChI is InChI=1S/C20H29N5O2S/c1-14-6-4-5-7-17(14)22-19(26)15(2)28-20-24-23-18(25(20)12-13-27-3)16-8-10-21-11-9-16/h8-11,14-15,17H,4-7,12-13H2,1-3H3,(H,22,26). The van der Waals surface area contributed by atoms with Crippen LogP contribution >= 0.6 is 11.8 Å². The van der Waals surface area contributed by atoms with Crippen LogP contribution in [0.25, 0.3) is 11.4 Å². The fourth-order valence-electron chi connectivity index (χ4n) is 3.52. The van der Waals surface area contributed by atoms with Gasteiger partial charge in [0.25, 0.3) is 0 Å². The molecule has 0 saturated heterocycles. The molecule has 0 aliphatic heterocycles. The molecule has 8 heteroatoms. The van der Waals surface area contributed by atoms with Crippen LogP contribution in [0.2, 0.25) is 0 Å². The number of hydrogen-bond donors (Lipinski definition) is 1. The number of carbonyl (C=O) groups excluding carboxylic acids is 1. The second-order valence-corrected chi connectivity index (χ2v) is 8.63. The van der Waals surface area contributed by atoms with E-state index in [1.165, 1.54) is 31.0 Å². The lowest BCUT2D eigenvalue weighted by atomic mass is 9.86. The summed E-state index contributed by atoms with van der Waals surface area (Å²) in [6, 6.07) is 4.09. The Morgan fingerprint density at radius 3 is 2.79 bits per heavy atom. The largest absolute Gasteiger partial charge is 0.383 e. The molecule has 3 unspecified atom stereocenters. The van der Waals surface area contributed by atoms with Gasteiger partial charge in [-0.15, -0.1) is 10.2 Å². The molecule has 3 atom stereocenters. The van der Waals surface area contributed by atoms with E-state index in [0.717, 1.165) is 23.0 Å². The number of nitrogens with one attached hydrogen (secondary N) is 1. The maximum absolute atomic E-state index is 12.7. The SMILES string of the molecule is COCCn1c(SC(C)C(=O)NC2CCCCC2C)nnc1-c1ccncc1. The first-order chi connectivity index (χ1) is 13.6. The summed E-state index contributed by atoms with van der Waals surface area (Å²) in [4.78, 5) is 16.8. The number of ether oxygens (including phenoxy) is 1. The average molecular weight is 404 g/mol. The summed E-state index contributed by atoms with van der Waals surface area (Å²) >= 11 is 1.44. The molecular weight excluding hydrogens is 374 g/mol. The van der Waals surface area contributed by atoms with Gasteiger partial charge in [-0.05, 0) is 37.8 Å². The molecule has 152 valence electrons. The molecule has 2 aromatic rings. The molecule has 1 aliphatic carbocycles. The first-order valence-electron chi connectivity index (χ1n) is 9.89. The zero-order valence-corrected chi connectivity index (χ0v) is 17.6. The van der Waals surface area contributed by atoms with E-state index in [2.05, 4.69) is 27.4 Å². The van der Waals surface area contributed by atoms with Crippen LogP contribution in [0.5, 0.6) is 0 Å². The molecule has 3 rings (SSSR count). The molecule has 1 saturated carbocycles. The van der Waals surface area contributed by atoms with Crippen LogP contribution in [-0.2, 0) is 16.1 Å². The highest BCUT2D eigenvalue weighted by molar-refractivity contribution is 8.00. The molecule has 0 aromatic carbocycles. The van der Waals surface area contributed by atoms with E-state index in [-0.39, 0.29) is 17.2 Å². The third kappa shape index (κ3) is 5.11. The van der Waals surface area contributed by atoms with E-state index >= 15 is 0 Å². The molecule has 2 aromatic heterocycles. The Morgan fingerprint density at radius 2 is 2.07 bits per heavy atom. The fourth-order valence-corrected chi connectivity index (χ4v) is 4.40. The average Bonchev–Trinajstić information content (AvgIpc) is 3.11. The van der Waals surface area contributed by atoms with E-state index in [4.69, 9.17) is 4.74 Å². The van der Waals surface area contributed by atoms with Crippen LogP contribution in [0.1, 0.15) is 39.5 Å². The Hall–Kier alpha value is -1.93. The van der Waals surface area contributed by atoms with Crippen molar-refractivity contribution in [2.24, 2.45) is 5.92 Å². The molecule has 0 spiro atoms. The molecule has 1 amide bonds. The number of hydrogen-bond acceptors (Lipinski definition) is 6. The Morgan fingerprint density at radius 1 is 1.32 bits per heavy atom. The van der Waals surface area contributed by atoms with Gasteiger partial charge in [0.2, 0.25) is 5.91 Å². The van der Waals surface area contributed by atoms with Gasteiger partial charge in [-0.25, -0.2) is 0 Å². The van der Waals surface area contributed by atoms with Gasteiger partial charge in [0.1, 0.15) is 0 Å². The minimum Gasteiger partial charge on any atom is -0.383 e. The summed E-state index contributed by atoms with van der Waals surface area (Å²) in [7, 11) is 1.67. The van der Waals surface area contributed by atoms with E-state index in [1.54, 1.807) is 19.5 Å². The number of methoxy groups -OCH3 is 1. The summed E-state index contributed by atoms with van der Waals surface area (Å²) in [5.41, 5.74) is 0.943. The number of carbonyl (C=O) groups is 1. The van der Waals surface area contributed by atoms with Crippen molar-refractivity contribution in [2.45, 2.75) is 62.5 Å². The number of rotatable bonds is 8. The van der Waals surface area contributed by atoms with Gasteiger partial charge in [-0.2, -0.15) is 0 Å². The van der Waals surface area contributed by atoms with Crippen LogP contribution in [0, 0.1) is 5.92 Å². The van der Waals surface area contributed by atoms with Gasteiger partial charge in [0.05, 0.1) is 18.4 Å². The maximum Gasteiger partial charge on any atom is 0.233 e. The Labute approximate surface area is 170 Å². The Bertz CT molecular complexity index is 767. The van der Waals surface area contributed by atoms with Crippen LogP contribution in [-0.4, -0.2) is 50.7 Å². The predicted molar refractivity (Wildman–Crippen MR) is 110 cm³/mol. The lowest BCUT2D eigenvalue weighted by Crippen LogP contribution is -2.44. The number of aromatic nitrogens is 4. The van der Waals surface area contributed by atoms with Crippen molar-refractivity contribution in [2.75, 3.05) is 13.7 Å². The van der Waals surface area contributed by atoms with Crippen molar-refractivity contribution < 1.29 is 9.53 Å². The van der Waals surface area contributed by atoms with Crippen molar-refractivity contribution in [3.8, 4) is 11.4 Å². The van der Waals surface area contributed by atoms with E-state index in [1.807, 2.05) is 23.6 Å². The lowest BCUT2D eigenvalue weighted by molar-refractivity contribution is -0.121. The van der Waals surface area contributed by atoms with Gasteiger partial charge in [0.15, 0.2) is 11.0 Å². The van der Waals surface area contributed by atoms with Crippen LogP contribution in [0.4, 0.5) is 0 Å². The zero-order chi connectivity index (χ0) is 19.9.